The molecule has 4 aromatic rings. The summed E-state index contributed by atoms with van der Waals surface area (Å²) in [5.74, 6) is 0. The molecule has 0 saturated carbocycles. The number of hydrogen-bond donors (Lipinski definition) is 0. The lowest BCUT2D eigenvalue weighted by Gasteiger charge is -2.35. The quantitative estimate of drug-likeness (QED) is 0.532. The molecule has 0 radical (unpaired) electrons. The van der Waals surface area contributed by atoms with E-state index in [1.807, 2.05) is 18.3 Å². The number of nitrogens with zero attached hydrogens (tertiary/aromatic N) is 4. The van der Waals surface area contributed by atoms with Crippen LogP contribution in [0.5, 0.6) is 0 Å². The molecule has 5 nitrogen and oxygen atoms in total. The average Bonchev–Trinajstić information content (AvgIpc) is 3.29. The predicted octanol–water partition coefficient (Wildman–Crippen LogP) is 3.67. The van der Waals surface area contributed by atoms with Crippen LogP contribution in [-0.4, -0.2) is 26.0 Å². The first-order valence-electron chi connectivity index (χ1n) is 8.91. The number of aryl methyl sites for hydroxylation is 1. The molecule has 0 bridgehead atoms. The lowest BCUT2D eigenvalue weighted by Crippen LogP contribution is -2.35. The number of rotatable bonds is 3. The Balaban J connectivity index is 1.54. The minimum absolute atomic E-state index is 0.113. The first-order chi connectivity index (χ1) is 13.2. The highest BCUT2D eigenvalue weighted by molar-refractivity contribution is 7.16. The third kappa shape index (κ3) is 3.01. The van der Waals surface area contributed by atoms with Crippen molar-refractivity contribution in [3.63, 3.8) is 0 Å². The van der Waals surface area contributed by atoms with Gasteiger partial charge in [0.15, 0.2) is 0 Å². The molecule has 136 valence electrons. The Hall–Kier alpha value is -2.35. The zero-order chi connectivity index (χ0) is 18.4. The molecule has 0 spiro atoms. The molecule has 4 heterocycles. The van der Waals surface area contributed by atoms with Crippen molar-refractivity contribution in [2.45, 2.75) is 25.9 Å². The van der Waals surface area contributed by atoms with Gasteiger partial charge in [0.2, 0.25) is 4.96 Å². The van der Waals surface area contributed by atoms with Crippen LogP contribution in [0.3, 0.4) is 0 Å². The maximum absolute atomic E-state index is 12.2. The molecule has 5 rings (SSSR count). The standard InChI is InChI=1S/C20H18N4OS2/c1-13-11-18(25)24-20(21-13)27-17(22-24)12-23-9-7-16-15(8-10-26-16)19(23)14-5-3-2-4-6-14/h2-6,8,10-11,19H,7,9,12H2,1H3/t19-/m1/s1. The van der Waals surface area contributed by atoms with E-state index in [1.54, 1.807) is 0 Å². The molecule has 1 aromatic carbocycles. The third-order valence-electron chi connectivity index (χ3n) is 4.93. The van der Waals surface area contributed by atoms with Crippen LogP contribution < -0.4 is 5.56 Å². The number of benzene rings is 1. The van der Waals surface area contributed by atoms with E-state index in [2.05, 4.69) is 56.8 Å². The van der Waals surface area contributed by atoms with Crippen molar-refractivity contribution in [2.75, 3.05) is 6.54 Å². The van der Waals surface area contributed by atoms with E-state index in [0.29, 0.717) is 11.5 Å². The van der Waals surface area contributed by atoms with E-state index in [-0.39, 0.29) is 11.6 Å². The van der Waals surface area contributed by atoms with Crippen LogP contribution in [0.25, 0.3) is 4.96 Å². The van der Waals surface area contributed by atoms with Gasteiger partial charge < -0.3 is 0 Å². The van der Waals surface area contributed by atoms with E-state index in [9.17, 15) is 4.79 Å². The highest BCUT2D eigenvalue weighted by atomic mass is 32.1. The van der Waals surface area contributed by atoms with Gasteiger partial charge in [0.1, 0.15) is 5.01 Å². The molecule has 0 unspecified atom stereocenters. The molecule has 1 aliphatic rings. The van der Waals surface area contributed by atoms with Gasteiger partial charge in [0.05, 0.1) is 12.6 Å². The van der Waals surface area contributed by atoms with Gasteiger partial charge in [-0.15, -0.1) is 11.3 Å². The first-order valence-corrected chi connectivity index (χ1v) is 10.6. The molecule has 1 aliphatic heterocycles. The number of aromatic nitrogens is 3. The fourth-order valence-electron chi connectivity index (χ4n) is 3.76. The van der Waals surface area contributed by atoms with E-state index in [4.69, 9.17) is 0 Å². The number of thiophene rings is 1. The van der Waals surface area contributed by atoms with Crippen molar-refractivity contribution in [3.8, 4) is 0 Å². The van der Waals surface area contributed by atoms with Gasteiger partial charge in [-0.3, -0.25) is 9.69 Å². The van der Waals surface area contributed by atoms with Gasteiger partial charge in [-0.05, 0) is 35.9 Å². The summed E-state index contributed by atoms with van der Waals surface area (Å²) in [4.78, 5) is 21.2. The summed E-state index contributed by atoms with van der Waals surface area (Å²) in [5.41, 5.74) is 3.31. The van der Waals surface area contributed by atoms with Gasteiger partial charge >= 0.3 is 0 Å². The first kappa shape index (κ1) is 16.8. The zero-order valence-corrected chi connectivity index (χ0v) is 16.5. The second kappa shape index (κ2) is 6.67. The molecule has 0 fully saturated rings. The van der Waals surface area contributed by atoms with Crippen LogP contribution in [0.2, 0.25) is 0 Å². The minimum Gasteiger partial charge on any atom is -0.285 e. The summed E-state index contributed by atoms with van der Waals surface area (Å²) in [6.07, 6.45) is 1.05. The summed E-state index contributed by atoms with van der Waals surface area (Å²) >= 11 is 3.35. The third-order valence-corrected chi connectivity index (χ3v) is 6.82. The molecule has 0 N–H and O–H groups in total. The minimum atomic E-state index is -0.113. The van der Waals surface area contributed by atoms with Crippen molar-refractivity contribution in [1.29, 1.82) is 0 Å². The van der Waals surface area contributed by atoms with Crippen LogP contribution in [0, 0.1) is 6.92 Å². The summed E-state index contributed by atoms with van der Waals surface area (Å²) in [6, 6.07) is 14.6. The average molecular weight is 395 g/mol. The molecule has 7 heteroatoms. The highest BCUT2D eigenvalue weighted by Gasteiger charge is 2.30. The van der Waals surface area contributed by atoms with Crippen molar-refractivity contribution >= 4 is 27.6 Å². The van der Waals surface area contributed by atoms with Crippen LogP contribution in [0.15, 0.2) is 52.6 Å². The number of hydrogen-bond acceptors (Lipinski definition) is 6. The van der Waals surface area contributed by atoms with Gasteiger partial charge in [-0.2, -0.15) is 9.61 Å². The number of fused-ring (bicyclic) bond motifs is 2. The highest BCUT2D eigenvalue weighted by Crippen LogP contribution is 2.38. The van der Waals surface area contributed by atoms with Crippen molar-refractivity contribution in [1.82, 2.24) is 19.5 Å². The topological polar surface area (TPSA) is 50.5 Å². The Labute approximate surface area is 164 Å². The normalized spacial score (nSPS) is 17.3. The summed E-state index contributed by atoms with van der Waals surface area (Å²) < 4.78 is 1.42. The summed E-state index contributed by atoms with van der Waals surface area (Å²) in [5, 5.41) is 7.65. The molecule has 0 saturated heterocycles. The lowest BCUT2D eigenvalue weighted by molar-refractivity contribution is 0.205. The van der Waals surface area contributed by atoms with Crippen molar-refractivity contribution < 1.29 is 0 Å². The van der Waals surface area contributed by atoms with E-state index >= 15 is 0 Å². The summed E-state index contributed by atoms with van der Waals surface area (Å²) in [7, 11) is 0. The maximum Gasteiger partial charge on any atom is 0.275 e. The molecule has 0 amide bonds. The van der Waals surface area contributed by atoms with Gasteiger partial charge in [0.25, 0.3) is 5.56 Å². The van der Waals surface area contributed by atoms with E-state index < -0.39 is 0 Å². The van der Waals surface area contributed by atoms with E-state index in [0.717, 1.165) is 23.7 Å². The summed E-state index contributed by atoms with van der Waals surface area (Å²) in [6.45, 7) is 3.53. The largest absolute Gasteiger partial charge is 0.285 e. The molecular formula is C20H18N4OS2. The smallest absolute Gasteiger partial charge is 0.275 e. The second-order valence-corrected chi connectivity index (χ2v) is 8.80. The van der Waals surface area contributed by atoms with E-state index in [1.165, 1.54) is 37.9 Å². The Morgan fingerprint density at radius 1 is 1.22 bits per heavy atom. The fraction of sp³-hybridized carbons (Fsp3) is 0.250. The maximum atomic E-state index is 12.2. The Bertz CT molecular complexity index is 1160. The van der Waals surface area contributed by atoms with Crippen LogP contribution in [0.1, 0.15) is 32.7 Å². The van der Waals surface area contributed by atoms with Crippen molar-refractivity contribution in [3.05, 3.63) is 84.9 Å². The predicted molar refractivity (Wildman–Crippen MR) is 109 cm³/mol. The zero-order valence-electron chi connectivity index (χ0n) is 14.8. The Morgan fingerprint density at radius 2 is 2.07 bits per heavy atom. The fourth-order valence-corrected chi connectivity index (χ4v) is 5.64. The second-order valence-electron chi connectivity index (χ2n) is 6.76. The molecule has 27 heavy (non-hydrogen) atoms. The SMILES string of the molecule is Cc1cc(=O)n2nc(CN3CCc4sccc4[C@H]3c3ccccc3)sc2n1. The van der Waals surface area contributed by atoms with Crippen molar-refractivity contribution in [2.24, 2.45) is 0 Å². The van der Waals surface area contributed by atoms with Crippen LogP contribution in [-0.2, 0) is 13.0 Å². The van der Waals surface area contributed by atoms with Gasteiger partial charge in [0, 0.05) is 23.2 Å². The molecule has 0 aliphatic carbocycles. The molecule has 1 atom stereocenters. The lowest BCUT2D eigenvalue weighted by atomic mass is 9.93. The Kier molecular flexibility index (Phi) is 4.15. The Morgan fingerprint density at radius 3 is 2.93 bits per heavy atom. The van der Waals surface area contributed by atoms with Gasteiger partial charge in [-0.25, -0.2) is 4.98 Å². The van der Waals surface area contributed by atoms with Crippen LogP contribution >= 0.6 is 22.7 Å². The van der Waals surface area contributed by atoms with Crippen LogP contribution in [0.4, 0.5) is 0 Å². The molecular weight excluding hydrogens is 376 g/mol. The van der Waals surface area contributed by atoms with Gasteiger partial charge in [-0.1, -0.05) is 41.7 Å². The molecule has 3 aromatic heterocycles. The monoisotopic (exact) mass is 394 g/mol.